The van der Waals surface area contributed by atoms with Gasteiger partial charge in [-0.2, -0.15) is 21.1 Å². The molecule has 0 fully saturated rings. The molecular weight excluding hydrogens is 298 g/mol. The molecule has 0 atom stereocenters. The van der Waals surface area contributed by atoms with Gasteiger partial charge in [-0.05, 0) is 29.6 Å². The van der Waals surface area contributed by atoms with E-state index in [4.69, 9.17) is 16.3 Å². The Balaban J connectivity index is 2.17. The van der Waals surface area contributed by atoms with Crippen molar-refractivity contribution in [1.29, 1.82) is 0 Å². The second-order valence-electron chi connectivity index (χ2n) is 3.99. The topological polar surface area (TPSA) is 49.0 Å². The number of hydrogen-bond donors (Lipinski definition) is 0. The first-order valence-electron chi connectivity index (χ1n) is 5.74. The molecule has 0 bridgehead atoms. The molecular formula is C13H10ClN3O2S. The van der Waals surface area contributed by atoms with Crippen LogP contribution >= 0.6 is 22.9 Å². The molecule has 2 aromatic heterocycles. The summed E-state index contributed by atoms with van der Waals surface area (Å²) in [7, 11) is 1.54. The van der Waals surface area contributed by atoms with Crippen LogP contribution in [0.15, 0.2) is 46.1 Å². The number of methoxy groups -OCH3 is 1. The zero-order valence-electron chi connectivity index (χ0n) is 10.5. The van der Waals surface area contributed by atoms with E-state index < -0.39 is 0 Å². The molecule has 0 unspecified atom stereocenters. The second kappa shape index (κ2) is 5.15. The first-order valence-corrected chi connectivity index (χ1v) is 7.06. The summed E-state index contributed by atoms with van der Waals surface area (Å²) in [4.78, 5) is 12.4. The van der Waals surface area contributed by atoms with Gasteiger partial charge in [0, 0.05) is 10.4 Å². The minimum Gasteiger partial charge on any atom is -0.494 e. The molecule has 0 N–H and O–H groups in total. The zero-order chi connectivity index (χ0) is 14.1. The van der Waals surface area contributed by atoms with Crippen molar-refractivity contribution in [3.63, 3.8) is 0 Å². The Morgan fingerprint density at radius 1 is 1.35 bits per heavy atom. The SMILES string of the molecule is COc1ccc(Cl)cc1-n1ncn(-c2ccsc2)c1=O. The highest BCUT2D eigenvalue weighted by molar-refractivity contribution is 7.08. The Kier molecular flexibility index (Phi) is 3.33. The number of benzene rings is 1. The summed E-state index contributed by atoms with van der Waals surface area (Å²) in [6.45, 7) is 0. The molecule has 0 spiro atoms. The second-order valence-corrected chi connectivity index (χ2v) is 5.21. The van der Waals surface area contributed by atoms with Crippen molar-refractivity contribution in [3.05, 3.63) is 56.9 Å². The first-order chi connectivity index (χ1) is 9.70. The third-order valence-electron chi connectivity index (χ3n) is 2.82. The van der Waals surface area contributed by atoms with Crippen LogP contribution in [0.25, 0.3) is 11.4 Å². The van der Waals surface area contributed by atoms with Crippen LogP contribution in [0.4, 0.5) is 0 Å². The van der Waals surface area contributed by atoms with Crippen LogP contribution in [0.1, 0.15) is 0 Å². The van der Waals surface area contributed by atoms with Gasteiger partial charge in [-0.3, -0.25) is 0 Å². The highest BCUT2D eigenvalue weighted by Crippen LogP contribution is 2.24. The zero-order valence-corrected chi connectivity index (χ0v) is 12.1. The molecule has 0 saturated carbocycles. The normalized spacial score (nSPS) is 10.7. The molecule has 0 radical (unpaired) electrons. The molecule has 3 aromatic rings. The molecule has 3 rings (SSSR count). The molecule has 102 valence electrons. The number of rotatable bonds is 3. The Bertz CT molecular complexity index is 792. The smallest absolute Gasteiger partial charge is 0.355 e. The molecule has 0 aliphatic heterocycles. The van der Waals surface area contributed by atoms with Crippen molar-refractivity contribution in [1.82, 2.24) is 14.3 Å². The predicted molar refractivity (Wildman–Crippen MR) is 78.6 cm³/mol. The average molecular weight is 308 g/mol. The number of nitrogens with zero attached hydrogens (tertiary/aromatic N) is 3. The van der Waals surface area contributed by atoms with Gasteiger partial charge >= 0.3 is 5.69 Å². The van der Waals surface area contributed by atoms with Crippen molar-refractivity contribution in [2.24, 2.45) is 0 Å². The maximum atomic E-state index is 12.4. The van der Waals surface area contributed by atoms with Crippen molar-refractivity contribution in [3.8, 4) is 17.1 Å². The van der Waals surface area contributed by atoms with Crippen LogP contribution in [0.3, 0.4) is 0 Å². The molecule has 5 nitrogen and oxygen atoms in total. The Morgan fingerprint density at radius 3 is 2.90 bits per heavy atom. The van der Waals surface area contributed by atoms with E-state index in [0.717, 1.165) is 5.69 Å². The van der Waals surface area contributed by atoms with Gasteiger partial charge in [0.25, 0.3) is 0 Å². The van der Waals surface area contributed by atoms with E-state index in [9.17, 15) is 4.79 Å². The van der Waals surface area contributed by atoms with Crippen LogP contribution in [0.5, 0.6) is 5.75 Å². The molecule has 0 aliphatic carbocycles. The van der Waals surface area contributed by atoms with Gasteiger partial charge in [-0.1, -0.05) is 11.6 Å². The van der Waals surface area contributed by atoms with E-state index in [-0.39, 0.29) is 5.69 Å². The van der Waals surface area contributed by atoms with Crippen LogP contribution in [-0.4, -0.2) is 21.5 Å². The lowest BCUT2D eigenvalue weighted by atomic mass is 10.3. The van der Waals surface area contributed by atoms with E-state index in [1.807, 2.05) is 16.8 Å². The van der Waals surface area contributed by atoms with E-state index >= 15 is 0 Å². The molecule has 0 aliphatic rings. The fourth-order valence-electron chi connectivity index (χ4n) is 1.87. The van der Waals surface area contributed by atoms with Crippen molar-refractivity contribution < 1.29 is 4.74 Å². The number of halogens is 1. The summed E-state index contributed by atoms with van der Waals surface area (Å²) in [5.41, 5.74) is 1.02. The monoisotopic (exact) mass is 307 g/mol. The van der Waals surface area contributed by atoms with Gasteiger partial charge in [0.2, 0.25) is 0 Å². The maximum absolute atomic E-state index is 12.4. The number of aromatic nitrogens is 3. The first kappa shape index (κ1) is 13.0. The summed E-state index contributed by atoms with van der Waals surface area (Å²) in [5, 5.41) is 8.42. The number of ether oxygens (including phenoxy) is 1. The molecule has 0 amide bonds. The van der Waals surface area contributed by atoms with Gasteiger partial charge in [0.1, 0.15) is 17.8 Å². The van der Waals surface area contributed by atoms with Gasteiger partial charge in [0.15, 0.2) is 0 Å². The van der Waals surface area contributed by atoms with Gasteiger partial charge < -0.3 is 4.74 Å². The fourth-order valence-corrected chi connectivity index (χ4v) is 2.66. The molecule has 7 heteroatoms. The molecule has 1 aromatic carbocycles. The summed E-state index contributed by atoms with van der Waals surface area (Å²) in [6.07, 6.45) is 1.48. The Labute approximate surface area is 123 Å². The van der Waals surface area contributed by atoms with Crippen LogP contribution in [-0.2, 0) is 0 Å². The van der Waals surface area contributed by atoms with Crippen molar-refractivity contribution >= 4 is 22.9 Å². The highest BCUT2D eigenvalue weighted by atomic mass is 35.5. The van der Waals surface area contributed by atoms with Gasteiger partial charge in [0.05, 0.1) is 12.8 Å². The largest absolute Gasteiger partial charge is 0.494 e. The van der Waals surface area contributed by atoms with Crippen molar-refractivity contribution in [2.75, 3.05) is 7.11 Å². The average Bonchev–Trinajstić information content (AvgIpc) is 3.07. The van der Waals surface area contributed by atoms with E-state index in [2.05, 4.69) is 5.10 Å². The molecule has 2 heterocycles. The summed E-state index contributed by atoms with van der Waals surface area (Å²) < 4.78 is 7.98. The van der Waals surface area contributed by atoms with Crippen LogP contribution < -0.4 is 10.4 Å². The van der Waals surface area contributed by atoms with E-state index in [1.54, 1.807) is 18.2 Å². The highest BCUT2D eigenvalue weighted by Gasteiger charge is 2.13. The lowest BCUT2D eigenvalue weighted by molar-refractivity contribution is 0.411. The minimum atomic E-state index is -0.274. The summed E-state index contributed by atoms with van der Waals surface area (Å²) in [5.74, 6) is 0.534. The quantitative estimate of drug-likeness (QED) is 0.747. The summed E-state index contributed by atoms with van der Waals surface area (Å²) in [6, 6.07) is 6.90. The third-order valence-corrected chi connectivity index (χ3v) is 3.73. The lowest BCUT2D eigenvalue weighted by Crippen LogP contribution is -2.22. The lowest BCUT2D eigenvalue weighted by Gasteiger charge is -2.07. The standard InChI is InChI=1S/C13H10ClN3O2S/c1-19-12-3-2-9(14)6-11(12)17-13(18)16(8-15-17)10-4-5-20-7-10/h2-8H,1H3. The van der Waals surface area contributed by atoms with Crippen LogP contribution in [0, 0.1) is 0 Å². The number of thiophene rings is 1. The molecule has 20 heavy (non-hydrogen) atoms. The summed E-state index contributed by atoms with van der Waals surface area (Å²) >= 11 is 7.49. The maximum Gasteiger partial charge on any atom is 0.355 e. The van der Waals surface area contributed by atoms with Gasteiger partial charge in [-0.25, -0.2) is 9.36 Å². The van der Waals surface area contributed by atoms with E-state index in [0.29, 0.717) is 16.5 Å². The minimum absolute atomic E-state index is 0.274. The predicted octanol–water partition coefficient (Wildman–Crippen LogP) is 2.75. The van der Waals surface area contributed by atoms with Gasteiger partial charge in [-0.15, -0.1) is 0 Å². The molecule has 0 saturated heterocycles. The number of hydrogen-bond acceptors (Lipinski definition) is 4. The van der Waals surface area contributed by atoms with Crippen molar-refractivity contribution in [2.45, 2.75) is 0 Å². The fraction of sp³-hybridized carbons (Fsp3) is 0.0769. The van der Waals surface area contributed by atoms with Crippen LogP contribution in [0.2, 0.25) is 5.02 Å². The third kappa shape index (κ3) is 2.13. The Morgan fingerprint density at radius 2 is 2.20 bits per heavy atom. The Hall–Kier alpha value is -2.05. The van der Waals surface area contributed by atoms with E-state index in [1.165, 1.54) is 34.0 Å².